The molecule has 6 nitrogen and oxygen atoms in total. The van der Waals surface area contributed by atoms with E-state index < -0.39 is 5.67 Å². The van der Waals surface area contributed by atoms with Crippen molar-refractivity contribution in [2.24, 2.45) is 10.8 Å². The average Bonchev–Trinajstić information content (AvgIpc) is 3.29. The van der Waals surface area contributed by atoms with Gasteiger partial charge < -0.3 is 4.52 Å². The number of nitrogens with zero attached hydrogens (tertiary/aromatic N) is 4. The maximum Gasteiger partial charge on any atom is 0.232 e. The molecule has 0 N–H and O–H groups in total. The smallest absolute Gasteiger partial charge is 0.232 e. The van der Waals surface area contributed by atoms with Crippen LogP contribution in [0.3, 0.4) is 0 Å². The summed E-state index contributed by atoms with van der Waals surface area (Å²) in [4.78, 5) is 24.9. The van der Waals surface area contributed by atoms with Gasteiger partial charge in [-0.25, -0.2) is 9.37 Å². The molecule has 35 heavy (non-hydrogen) atoms. The Morgan fingerprint density at radius 1 is 1.11 bits per heavy atom. The predicted octanol–water partition coefficient (Wildman–Crippen LogP) is 6.43. The highest BCUT2D eigenvalue weighted by Crippen LogP contribution is 2.71. The number of rotatable bonds is 6. The lowest BCUT2D eigenvalue weighted by Crippen LogP contribution is -2.65. The van der Waals surface area contributed by atoms with E-state index in [1.54, 1.807) is 6.20 Å². The molecule has 2 aromatic rings. The molecule has 6 saturated carbocycles. The summed E-state index contributed by atoms with van der Waals surface area (Å²) < 4.78 is 20.8. The summed E-state index contributed by atoms with van der Waals surface area (Å²) >= 11 is 3.54. The number of aromatic nitrogens is 3. The van der Waals surface area contributed by atoms with Gasteiger partial charge in [0.1, 0.15) is 11.5 Å². The highest BCUT2D eigenvalue weighted by atomic mass is 79.9. The van der Waals surface area contributed by atoms with Crippen LogP contribution in [0, 0.1) is 10.8 Å². The van der Waals surface area contributed by atoms with Crippen LogP contribution < -0.4 is 4.90 Å². The van der Waals surface area contributed by atoms with Gasteiger partial charge in [0.05, 0.1) is 0 Å². The number of halogens is 2. The quantitative estimate of drug-likeness (QED) is 0.418. The molecular formula is C27H34BrFN4O2. The molecule has 6 aliphatic rings. The van der Waals surface area contributed by atoms with Crippen LogP contribution in [0.15, 0.2) is 27.3 Å². The van der Waals surface area contributed by atoms with Crippen molar-refractivity contribution in [3.05, 3.63) is 34.5 Å². The van der Waals surface area contributed by atoms with Crippen LogP contribution >= 0.6 is 15.9 Å². The molecule has 8 heteroatoms. The normalized spacial score (nSPS) is 35.3. The number of carbonyl (C=O) groups is 1. The molecule has 2 aromatic heterocycles. The third-order valence-electron chi connectivity index (χ3n) is 9.33. The number of amides is 1. The van der Waals surface area contributed by atoms with E-state index in [4.69, 9.17) is 9.51 Å². The van der Waals surface area contributed by atoms with Gasteiger partial charge in [-0.05, 0) is 80.8 Å². The SMILES string of the molecule is CC(C)(C)c1noc(C23CCC(CN(C(=O)CC45CC(F)(C4)C5)c4cc(Br)ccn4)(CC2)CC3)n1. The van der Waals surface area contributed by atoms with Gasteiger partial charge >= 0.3 is 0 Å². The van der Waals surface area contributed by atoms with Crippen LogP contribution in [-0.4, -0.2) is 33.2 Å². The summed E-state index contributed by atoms with van der Waals surface area (Å²) in [6.07, 6.45) is 9.86. The van der Waals surface area contributed by atoms with E-state index in [9.17, 15) is 9.18 Å². The Labute approximate surface area is 214 Å². The summed E-state index contributed by atoms with van der Waals surface area (Å²) in [6.45, 7) is 6.98. The van der Waals surface area contributed by atoms with Crippen molar-refractivity contribution in [3.8, 4) is 0 Å². The molecule has 0 saturated heterocycles. The zero-order valence-electron chi connectivity index (χ0n) is 20.9. The van der Waals surface area contributed by atoms with Crippen LogP contribution in [0.1, 0.15) is 96.7 Å². The molecular weight excluding hydrogens is 511 g/mol. The molecule has 4 bridgehead atoms. The van der Waals surface area contributed by atoms with Crippen LogP contribution in [0.5, 0.6) is 0 Å². The minimum absolute atomic E-state index is 0.0393. The lowest BCUT2D eigenvalue weighted by molar-refractivity contribution is -0.215. The Bertz CT molecular complexity index is 1130. The summed E-state index contributed by atoms with van der Waals surface area (Å²) in [6, 6.07) is 3.81. The summed E-state index contributed by atoms with van der Waals surface area (Å²) in [5.74, 6) is 2.34. The highest BCUT2D eigenvalue weighted by molar-refractivity contribution is 9.10. The molecule has 6 fully saturated rings. The Hall–Kier alpha value is -1.83. The monoisotopic (exact) mass is 544 g/mol. The Balaban J connectivity index is 1.20. The van der Waals surface area contributed by atoms with E-state index >= 15 is 0 Å². The lowest BCUT2D eigenvalue weighted by Gasteiger charge is -2.66. The predicted molar refractivity (Wildman–Crippen MR) is 134 cm³/mol. The molecule has 2 heterocycles. The van der Waals surface area contributed by atoms with Crippen molar-refractivity contribution in [3.63, 3.8) is 0 Å². The van der Waals surface area contributed by atoms with Gasteiger partial charge in [-0.15, -0.1) is 0 Å². The molecule has 0 unspecified atom stereocenters. The van der Waals surface area contributed by atoms with Gasteiger partial charge in [0.25, 0.3) is 0 Å². The van der Waals surface area contributed by atoms with E-state index in [1.165, 1.54) is 0 Å². The highest BCUT2D eigenvalue weighted by Gasteiger charge is 2.69. The second kappa shape index (κ2) is 7.59. The Morgan fingerprint density at radius 3 is 2.31 bits per heavy atom. The fourth-order valence-corrected chi connectivity index (χ4v) is 7.53. The lowest BCUT2D eigenvalue weighted by atomic mass is 9.41. The summed E-state index contributed by atoms with van der Waals surface area (Å²) in [5.41, 5.74) is -1.22. The number of hydrogen-bond acceptors (Lipinski definition) is 5. The summed E-state index contributed by atoms with van der Waals surface area (Å²) in [7, 11) is 0. The topological polar surface area (TPSA) is 72.1 Å². The van der Waals surface area contributed by atoms with Crippen LogP contribution in [0.25, 0.3) is 0 Å². The van der Waals surface area contributed by atoms with Gasteiger partial charge in [-0.2, -0.15) is 4.98 Å². The molecule has 0 aliphatic heterocycles. The zero-order valence-corrected chi connectivity index (χ0v) is 22.5. The number of anilines is 1. The van der Waals surface area contributed by atoms with E-state index in [2.05, 4.69) is 46.8 Å². The number of pyridine rings is 1. The zero-order chi connectivity index (χ0) is 24.7. The first-order valence-electron chi connectivity index (χ1n) is 12.9. The Kier molecular flexibility index (Phi) is 5.11. The first kappa shape index (κ1) is 23.6. The molecule has 6 aliphatic carbocycles. The molecule has 8 rings (SSSR count). The molecule has 1 amide bonds. The molecule has 0 atom stereocenters. The molecule has 0 aromatic carbocycles. The molecule has 0 radical (unpaired) electrons. The van der Waals surface area contributed by atoms with Crippen molar-refractivity contribution in [1.29, 1.82) is 0 Å². The second-order valence-corrected chi connectivity index (χ2v) is 14.0. The second-order valence-electron chi connectivity index (χ2n) is 13.1. The Morgan fingerprint density at radius 2 is 1.77 bits per heavy atom. The first-order valence-corrected chi connectivity index (χ1v) is 13.7. The third-order valence-corrected chi connectivity index (χ3v) is 9.83. The van der Waals surface area contributed by atoms with E-state index in [0.29, 0.717) is 38.0 Å². The number of carbonyl (C=O) groups excluding carboxylic acids is 1. The minimum atomic E-state index is -0.991. The van der Waals surface area contributed by atoms with Gasteiger partial charge in [-0.3, -0.25) is 9.69 Å². The number of hydrogen-bond donors (Lipinski definition) is 0. The first-order chi connectivity index (χ1) is 16.4. The van der Waals surface area contributed by atoms with Crippen LogP contribution in [-0.2, 0) is 15.6 Å². The van der Waals surface area contributed by atoms with Crippen molar-refractivity contribution in [2.75, 3.05) is 11.4 Å². The van der Waals surface area contributed by atoms with Crippen molar-refractivity contribution < 1.29 is 13.7 Å². The van der Waals surface area contributed by atoms with Gasteiger partial charge in [0.15, 0.2) is 5.82 Å². The standard InChI is InChI=1S/C27H34BrFN4O2/c1-23(2,3)21-31-22(35-32-21)26-8-5-24(6-9-26,7-10-26)17-33(19-12-18(28)4-11-30-19)20(34)13-25-14-27(29,15-25)16-25/h4,11-12H,5-10,13-17H2,1-3H3. The largest absolute Gasteiger partial charge is 0.339 e. The van der Waals surface area contributed by atoms with Gasteiger partial charge in [0.2, 0.25) is 11.8 Å². The minimum Gasteiger partial charge on any atom is -0.339 e. The van der Waals surface area contributed by atoms with Crippen LogP contribution in [0.2, 0.25) is 0 Å². The fourth-order valence-electron chi connectivity index (χ4n) is 7.20. The van der Waals surface area contributed by atoms with Crippen molar-refractivity contribution in [2.45, 2.75) is 101 Å². The van der Waals surface area contributed by atoms with E-state index in [0.717, 1.165) is 54.7 Å². The van der Waals surface area contributed by atoms with E-state index in [1.807, 2.05) is 17.0 Å². The number of fused-ring (bicyclic) bond motifs is 3. The van der Waals surface area contributed by atoms with Crippen LogP contribution in [0.4, 0.5) is 10.2 Å². The van der Waals surface area contributed by atoms with Crippen molar-refractivity contribution in [1.82, 2.24) is 15.1 Å². The molecule has 0 spiro atoms. The fraction of sp³-hybridized carbons (Fsp3) is 0.704. The van der Waals surface area contributed by atoms with Gasteiger partial charge in [-0.1, -0.05) is 41.9 Å². The maximum atomic E-state index is 14.1. The van der Waals surface area contributed by atoms with Gasteiger partial charge in [0, 0.05) is 34.5 Å². The third kappa shape index (κ3) is 3.94. The average molecular weight is 545 g/mol. The van der Waals surface area contributed by atoms with E-state index in [-0.39, 0.29) is 27.6 Å². The number of alkyl halides is 1. The maximum absolute atomic E-state index is 14.1. The summed E-state index contributed by atoms with van der Waals surface area (Å²) in [5, 5.41) is 4.29. The van der Waals surface area contributed by atoms with Crippen molar-refractivity contribution >= 4 is 27.7 Å². The molecule has 188 valence electrons.